The van der Waals surface area contributed by atoms with Gasteiger partial charge in [-0.15, -0.1) is 5.10 Å². The van der Waals surface area contributed by atoms with E-state index in [2.05, 4.69) is 28.9 Å². The third-order valence-electron chi connectivity index (χ3n) is 2.78. The normalized spacial score (nSPS) is 16.5. The van der Waals surface area contributed by atoms with Crippen LogP contribution in [-0.4, -0.2) is 19.6 Å². The molecule has 4 nitrogen and oxygen atoms in total. The Morgan fingerprint density at radius 3 is 2.80 bits per heavy atom. The molecule has 0 aliphatic heterocycles. The lowest BCUT2D eigenvalue weighted by molar-refractivity contribution is 0.803. The molecule has 0 amide bonds. The van der Waals surface area contributed by atoms with Crippen molar-refractivity contribution in [2.24, 2.45) is 0 Å². The summed E-state index contributed by atoms with van der Waals surface area (Å²) in [6, 6.07) is 2.02. The quantitative estimate of drug-likeness (QED) is 0.749. The molecule has 15 heavy (non-hydrogen) atoms. The highest BCUT2D eigenvalue weighted by Crippen LogP contribution is 2.37. The summed E-state index contributed by atoms with van der Waals surface area (Å²) in [6.45, 7) is 4.27. The number of aromatic nitrogens is 4. The van der Waals surface area contributed by atoms with Crippen molar-refractivity contribution in [3.8, 4) is 0 Å². The molecule has 0 radical (unpaired) electrons. The van der Waals surface area contributed by atoms with Crippen LogP contribution in [0.15, 0.2) is 12.3 Å². The second kappa shape index (κ2) is 3.02. The molecule has 78 valence electrons. The fourth-order valence-corrected chi connectivity index (χ4v) is 1.64. The molecule has 1 aliphatic carbocycles. The van der Waals surface area contributed by atoms with Crippen LogP contribution in [0.3, 0.4) is 0 Å². The van der Waals surface area contributed by atoms with Gasteiger partial charge in [-0.3, -0.25) is 0 Å². The van der Waals surface area contributed by atoms with E-state index in [-0.39, 0.29) is 0 Å². The van der Waals surface area contributed by atoms with Gasteiger partial charge in [-0.2, -0.15) is 4.98 Å². The maximum atomic E-state index is 4.49. The van der Waals surface area contributed by atoms with Crippen LogP contribution >= 0.6 is 0 Å². The van der Waals surface area contributed by atoms with Crippen LogP contribution in [0.4, 0.5) is 0 Å². The Morgan fingerprint density at radius 1 is 1.33 bits per heavy atom. The van der Waals surface area contributed by atoms with Crippen molar-refractivity contribution in [3.05, 3.63) is 23.8 Å². The van der Waals surface area contributed by atoms with E-state index < -0.39 is 0 Å². The van der Waals surface area contributed by atoms with Crippen LogP contribution in [0.1, 0.15) is 50.0 Å². The zero-order valence-electron chi connectivity index (χ0n) is 9.01. The van der Waals surface area contributed by atoms with Gasteiger partial charge in [0.1, 0.15) is 0 Å². The van der Waals surface area contributed by atoms with E-state index in [0.29, 0.717) is 11.8 Å². The first-order valence-electron chi connectivity index (χ1n) is 5.47. The summed E-state index contributed by atoms with van der Waals surface area (Å²) in [4.78, 5) is 8.95. The number of rotatable bonds is 2. The van der Waals surface area contributed by atoms with E-state index >= 15 is 0 Å². The Morgan fingerprint density at radius 2 is 2.13 bits per heavy atom. The molecular weight excluding hydrogens is 188 g/mol. The summed E-state index contributed by atoms with van der Waals surface area (Å²) in [5.74, 6) is 2.73. The molecule has 2 heterocycles. The molecule has 2 aromatic rings. The van der Waals surface area contributed by atoms with E-state index in [1.165, 1.54) is 12.8 Å². The highest BCUT2D eigenvalue weighted by Gasteiger charge is 2.28. The standard InChI is InChI=1S/C11H14N4/c1-7(2)9-5-6-15-11(12-9)13-10(14-15)8-3-4-8/h5-8H,3-4H2,1-2H3. The molecule has 0 aromatic carbocycles. The third kappa shape index (κ3) is 1.50. The largest absolute Gasteiger partial charge is 0.252 e. The molecule has 0 saturated heterocycles. The third-order valence-corrected chi connectivity index (χ3v) is 2.78. The van der Waals surface area contributed by atoms with Crippen LogP contribution in [0, 0.1) is 0 Å². The van der Waals surface area contributed by atoms with Gasteiger partial charge in [-0.25, -0.2) is 9.50 Å². The summed E-state index contributed by atoms with van der Waals surface area (Å²) in [6.07, 6.45) is 4.42. The Balaban J connectivity index is 2.09. The first kappa shape index (κ1) is 8.83. The fraction of sp³-hybridized carbons (Fsp3) is 0.545. The minimum Gasteiger partial charge on any atom is -0.216 e. The summed E-state index contributed by atoms with van der Waals surface area (Å²) in [5.41, 5.74) is 1.08. The predicted molar refractivity (Wildman–Crippen MR) is 56.8 cm³/mol. The highest BCUT2D eigenvalue weighted by atomic mass is 15.3. The lowest BCUT2D eigenvalue weighted by Gasteiger charge is -2.02. The van der Waals surface area contributed by atoms with Crippen LogP contribution < -0.4 is 0 Å². The van der Waals surface area contributed by atoms with Crippen molar-refractivity contribution in [1.29, 1.82) is 0 Å². The van der Waals surface area contributed by atoms with E-state index in [1.54, 1.807) is 4.52 Å². The zero-order valence-corrected chi connectivity index (χ0v) is 9.01. The van der Waals surface area contributed by atoms with Gasteiger partial charge in [-0.1, -0.05) is 13.8 Å². The lowest BCUT2D eigenvalue weighted by Crippen LogP contribution is -1.97. The van der Waals surface area contributed by atoms with Gasteiger partial charge in [0.15, 0.2) is 5.82 Å². The van der Waals surface area contributed by atoms with E-state index in [4.69, 9.17) is 0 Å². The monoisotopic (exact) mass is 202 g/mol. The summed E-state index contributed by atoms with van der Waals surface area (Å²) in [7, 11) is 0. The molecule has 0 spiro atoms. The van der Waals surface area contributed by atoms with E-state index in [9.17, 15) is 0 Å². The fourth-order valence-electron chi connectivity index (χ4n) is 1.64. The number of fused-ring (bicyclic) bond motifs is 1. The van der Waals surface area contributed by atoms with Crippen molar-refractivity contribution < 1.29 is 0 Å². The first-order valence-corrected chi connectivity index (χ1v) is 5.47. The van der Waals surface area contributed by atoms with Crippen LogP contribution in [0.5, 0.6) is 0 Å². The zero-order chi connectivity index (χ0) is 10.4. The topological polar surface area (TPSA) is 43.1 Å². The van der Waals surface area contributed by atoms with Gasteiger partial charge < -0.3 is 0 Å². The van der Waals surface area contributed by atoms with Crippen molar-refractivity contribution in [3.63, 3.8) is 0 Å². The van der Waals surface area contributed by atoms with Crippen molar-refractivity contribution >= 4 is 5.78 Å². The molecule has 1 fully saturated rings. The van der Waals surface area contributed by atoms with E-state index in [1.807, 2.05) is 12.3 Å². The smallest absolute Gasteiger partial charge is 0.216 e. The number of hydrogen-bond donors (Lipinski definition) is 0. The minimum absolute atomic E-state index is 0.441. The Kier molecular flexibility index (Phi) is 1.78. The average molecular weight is 202 g/mol. The average Bonchev–Trinajstić information content (AvgIpc) is 2.97. The Bertz CT molecular complexity index is 496. The Labute approximate surface area is 88.4 Å². The summed E-state index contributed by atoms with van der Waals surface area (Å²) < 4.78 is 1.78. The van der Waals surface area contributed by atoms with Crippen molar-refractivity contribution in [2.75, 3.05) is 0 Å². The van der Waals surface area contributed by atoms with Gasteiger partial charge in [0.2, 0.25) is 0 Å². The maximum Gasteiger partial charge on any atom is 0.252 e. The molecule has 4 heteroatoms. The second-order valence-electron chi connectivity index (χ2n) is 4.50. The molecule has 0 bridgehead atoms. The van der Waals surface area contributed by atoms with Crippen LogP contribution in [0.2, 0.25) is 0 Å². The summed E-state index contributed by atoms with van der Waals surface area (Å²) in [5, 5.41) is 4.42. The van der Waals surface area contributed by atoms with Crippen molar-refractivity contribution in [2.45, 2.75) is 38.5 Å². The van der Waals surface area contributed by atoms with Gasteiger partial charge >= 0.3 is 0 Å². The number of hydrogen-bond acceptors (Lipinski definition) is 3. The predicted octanol–water partition coefficient (Wildman–Crippen LogP) is 2.13. The molecule has 0 unspecified atom stereocenters. The van der Waals surface area contributed by atoms with Crippen molar-refractivity contribution in [1.82, 2.24) is 19.6 Å². The second-order valence-corrected chi connectivity index (χ2v) is 4.50. The van der Waals surface area contributed by atoms with Crippen LogP contribution in [0.25, 0.3) is 5.78 Å². The van der Waals surface area contributed by atoms with Gasteiger partial charge in [0, 0.05) is 17.8 Å². The van der Waals surface area contributed by atoms with Gasteiger partial charge in [0.05, 0.1) is 0 Å². The first-order chi connectivity index (χ1) is 7.24. The van der Waals surface area contributed by atoms with E-state index in [0.717, 1.165) is 17.3 Å². The Hall–Kier alpha value is -1.45. The molecule has 0 N–H and O–H groups in total. The molecule has 1 saturated carbocycles. The maximum absolute atomic E-state index is 4.49. The molecule has 3 rings (SSSR count). The van der Waals surface area contributed by atoms with Gasteiger partial charge in [0.25, 0.3) is 5.78 Å². The summed E-state index contributed by atoms with van der Waals surface area (Å²) >= 11 is 0. The molecule has 1 aliphatic rings. The molecule has 0 atom stereocenters. The SMILES string of the molecule is CC(C)c1ccn2nc(C3CC3)nc2n1. The lowest BCUT2D eigenvalue weighted by atomic mass is 10.1. The van der Waals surface area contributed by atoms with Crippen LogP contribution in [-0.2, 0) is 0 Å². The molecular formula is C11H14N4. The van der Waals surface area contributed by atoms with Gasteiger partial charge in [-0.05, 0) is 24.8 Å². The number of nitrogens with zero attached hydrogens (tertiary/aromatic N) is 4. The highest BCUT2D eigenvalue weighted by molar-refractivity contribution is 5.30. The molecule has 2 aromatic heterocycles. The minimum atomic E-state index is 0.441.